The van der Waals surface area contributed by atoms with Gasteiger partial charge in [0.2, 0.25) is 0 Å². The van der Waals surface area contributed by atoms with E-state index in [2.05, 4.69) is 185 Å². The highest BCUT2D eigenvalue weighted by molar-refractivity contribution is 6.19. The molecule has 4 aromatic heterocycles. The van der Waals surface area contributed by atoms with Crippen molar-refractivity contribution in [1.29, 1.82) is 0 Å². The van der Waals surface area contributed by atoms with Crippen LogP contribution in [0.25, 0.3) is 111 Å². The molecule has 0 atom stereocenters. The Morgan fingerprint density at radius 3 is 1.70 bits per heavy atom. The molecule has 5 nitrogen and oxygen atoms in total. The molecule has 0 bridgehead atoms. The lowest BCUT2D eigenvalue weighted by Gasteiger charge is -2.13. The third-order valence-electron chi connectivity index (χ3n) is 11.3. The van der Waals surface area contributed by atoms with Crippen LogP contribution in [0, 0.1) is 0 Å². The summed E-state index contributed by atoms with van der Waals surface area (Å²) < 4.78 is 11.1. The minimum absolute atomic E-state index is 0.651. The molecule has 0 unspecified atom stereocenters. The first-order valence-corrected chi connectivity index (χ1v) is 19.2. The topological polar surface area (TPSA) is 48.8 Å². The zero-order valence-corrected chi connectivity index (χ0v) is 30.7. The summed E-state index contributed by atoms with van der Waals surface area (Å²) in [6, 6.07) is 68.4. The van der Waals surface area contributed by atoms with Crippen LogP contribution in [-0.4, -0.2) is 19.1 Å². The minimum Gasteiger partial charge on any atom is -0.456 e. The van der Waals surface area contributed by atoms with Gasteiger partial charge in [-0.25, -0.2) is 9.97 Å². The van der Waals surface area contributed by atoms with Crippen molar-refractivity contribution in [3.05, 3.63) is 194 Å². The molecule has 0 aliphatic rings. The first kappa shape index (κ1) is 31.6. The highest BCUT2D eigenvalue weighted by Crippen LogP contribution is 2.40. The van der Waals surface area contributed by atoms with Gasteiger partial charge in [0.15, 0.2) is 5.82 Å². The van der Waals surface area contributed by atoms with Gasteiger partial charge in [0, 0.05) is 55.2 Å². The molecule has 0 aliphatic heterocycles. The number of rotatable bonds is 5. The second-order valence-corrected chi connectivity index (χ2v) is 14.6. The van der Waals surface area contributed by atoms with Crippen molar-refractivity contribution in [2.45, 2.75) is 0 Å². The molecule has 0 radical (unpaired) electrons. The first-order chi connectivity index (χ1) is 28.2. The van der Waals surface area contributed by atoms with E-state index in [4.69, 9.17) is 14.4 Å². The molecular formula is C52H32N4O. The zero-order valence-electron chi connectivity index (χ0n) is 30.7. The Morgan fingerprint density at radius 2 is 0.930 bits per heavy atom. The van der Waals surface area contributed by atoms with E-state index in [1.54, 1.807) is 0 Å². The maximum absolute atomic E-state index is 6.37. The van der Waals surface area contributed by atoms with E-state index in [1.165, 1.54) is 21.8 Å². The van der Waals surface area contributed by atoms with E-state index < -0.39 is 0 Å². The first-order valence-electron chi connectivity index (χ1n) is 19.2. The van der Waals surface area contributed by atoms with Crippen molar-refractivity contribution in [3.8, 4) is 45.3 Å². The normalized spacial score (nSPS) is 11.9. The molecule has 12 aromatic rings. The van der Waals surface area contributed by atoms with E-state index in [0.29, 0.717) is 5.82 Å². The fraction of sp³-hybridized carbons (Fsp3) is 0. The second kappa shape index (κ2) is 12.4. The van der Waals surface area contributed by atoms with Crippen LogP contribution >= 0.6 is 0 Å². The number of furan rings is 1. The van der Waals surface area contributed by atoms with Crippen molar-refractivity contribution < 1.29 is 4.42 Å². The van der Waals surface area contributed by atoms with Crippen LogP contribution in [0.3, 0.4) is 0 Å². The summed E-state index contributed by atoms with van der Waals surface area (Å²) in [5, 5.41) is 6.90. The van der Waals surface area contributed by atoms with Crippen LogP contribution in [0.1, 0.15) is 0 Å². The smallest absolute Gasteiger partial charge is 0.162 e. The SMILES string of the molecule is c1ccc(-c2cccc(-c3nc(-c4ccc5c(c4)oc4ccccc45)cc(-n4c5ccccc5c5cc6c(cc54)c4ccccc4n6-c4ccccc4)n3)c2)cc1. The van der Waals surface area contributed by atoms with Crippen molar-refractivity contribution >= 4 is 65.6 Å². The predicted octanol–water partition coefficient (Wildman–Crippen LogP) is 13.6. The van der Waals surface area contributed by atoms with Gasteiger partial charge >= 0.3 is 0 Å². The molecule has 4 heterocycles. The third-order valence-corrected chi connectivity index (χ3v) is 11.3. The Balaban J connectivity index is 1.14. The summed E-state index contributed by atoms with van der Waals surface area (Å²) >= 11 is 0. The van der Waals surface area contributed by atoms with Crippen LogP contribution < -0.4 is 0 Å². The fourth-order valence-electron chi connectivity index (χ4n) is 8.71. The lowest BCUT2D eigenvalue weighted by molar-refractivity contribution is 0.669. The number of para-hydroxylation sites is 4. The van der Waals surface area contributed by atoms with E-state index >= 15 is 0 Å². The van der Waals surface area contributed by atoms with Crippen molar-refractivity contribution in [2.24, 2.45) is 0 Å². The van der Waals surface area contributed by atoms with Gasteiger partial charge in [-0.05, 0) is 71.8 Å². The Labute approximate surface area is 327 Å². The van der Waals surface area contributed by atoms with Gasteiger partial charge in [-0.1, -0.05) is 127 Å². The van der Waals surface area contributed by atoms with Gasteiger partial charge in [0.1, 0.15) is 17.0 Å². The molecule has 0 saturated heterocycles. The zero-order chi connectivity index (χ0) is 37.5. The maximum atomic E-state index is 6.37. The van der Waals surface area contributed by atoms with E-state index in [-0.39, 0.29) is 0 Å². The number of nitrogens with zero attached hydrogens (tertiary/aromatic N) is 4. The third kappa shape index (κ3) is 4.96. The molecule has 0 fully saturated rings. The summed E-state index contributed by atoms with van der Waals surface area (Å²) in [6.45, 7) is 0. The summed E-state index contributed by atoms with van der Waals surface area (Å²) in [6.07, 6.45) is 0. The molecule has 0 saturated carbocycles. The quantitative estimate of drug-likeness (QED) is 0.177. The van der Waals surface area contributed by atoms with Gasteiger partial charge < -0.3 is 8.98 Å². The molecule has 0 amide bonds. The molecule has 0 spiro atoms. The predicted molar refractivity (Wildman–Crippen MR) is 234 cm³/mol. The second-order valence-electron chi connectivity index (χ2n) is 14.6. The van der Waals surface area contributed by atoms with Gasteiger partial charge in [0.25, 0.3) is 0 Å². The van der Waals surface area contributed by atoms with Crippen molar-refractivity contribution in [3.63, 3.8) is 0 Å². The van der Waals surface area contributed by atoms with E-state index in [9.17, 15) is 0 Å². The van der Waals surface area contributed by atoms with Crippen LogP contribution in [0.5, 0.6) is 0 Å². The van der Waals surface area contributed by atoms with Gasteiger partial charge in [-0.2, -0.15) is 0 Å². The largest absolute Gasteiger partial charge is 0.456 e. The van der Waals surface area contributed by atoms with Gasteiger partial charge in [0.05, 0.1) is 27.8 Å². The van der Waals surface area contributed by atoms with Gasteiger partial charge in [-0.15, -0.1) is 0 Å². The number of fused-ring (bicyclic) bond motifs is 9. The molecular weight excluding hydrogens is 697 g/mol. The monoisotopic (exact) mass is 728 g/mol. The molecule has 5 heteroatoms. The highest BCUT2D eigenvalue weighted by atomic mass is 16.3. The van der Waals surface area contributed by atoms with Crippen molar-refractivity contribution in [1.82, 2.24) is 19.1 Å². The summed E-state index contributed by atoms with van der Waals surface area (Å²) in [5.74, 6) is 1.44. The Kier molecular flexibility index (Phi) is 6.86. The summed E-state index contributed by atoms with van der Waals surface area (Å²) in [7, 11) is 0. The standard InChI is InChI=1S/C52H32N4O/c1-3-14-33(15-4-1)34-16-13-17-36(28-34)52-53-44(35-26-27-41-40-22-9-12-25-49(40)57-50(41)29-35)32-51(54-52)56-46-24-11-8-21-39(46)43-30-47-42(31-48(43)56)38-20-7-10-23-45(38)55(47)37-18-5-2-6-19-37/h1-32H. The number of benzene rings is 8. The number of hydrogen-bond donors (Lipinski definition) is 0. The van der Waals surface area contributed by atoms with Crippen LogP contribution in [0.4, 0.5) is 0 Å². The average Bonchev–Trinajstić information content (AvgIpc) is 3.93. The molecule has 8 aromatic carbocycles. The average molecular weight is 729 g/mol. The summed E-state index contributed by atoms with van der Waals surface area (Å²) in [4.78, 5) is 10.7. The lowest BCUT2D eigenvalue weighted by atomic mass is 10.0. The Bertz CT molecular complexity index is 3520. The minimum atomic E-state index is 0.651. The number of aromatic nitrogens is 4. The number of hydrogen-bond acceptors (Lipinski definition) is 3. The molecule has 57 heavy (non-hydrogen) atoms. The Morgan fingerprint density at radius 1 is 0.333 bits per heavy atom. The van der Waals surface area contributed by atoms with E-state index in [1.807, 2.05) is 18.2 Å². The molecule has 266 valence electrons. The molecule has 12 rings (SSSR count). The van der Waals surface area contributed by atoms with E-state index in [0.717, 1.165) is 83.2 Å². The molecule has 0 aliphatic carbocycles. The van der Waals surface area contributed by atoms with Crippen LogP contribution in [-0.2, 0) is 0 Å². The van der Waals surface area contributed by atoms with Gasteiger partial charge in [-0.3, -0.25) is 4.57 Å². The fourth-order valence-corrected chi connectivity index (χ4v) is 8.71. The van der Waals surface area contributed by atoms with Crippen molar-refractivity contribution in [2.75, 3.05) is 0 Å². The maximum Gasteiger partial charge on any atom is 0.162 e. The van der Waals surface area contributed by atoms with Crippen LogP contribution in [0.15, 0.2) is 199 Å². The highest BCUT2D eigenvalue weighted by Gasteiger charge is 2.21. The van der Waals surface area contributed by atoms with Crippen LogP contribution in [0.2, 0.25) is 0 Å². The molecule has 0 N–H and O–H groups in total. The lowest BCUT2D eigenvalue weighted by Crippen LogP contribution is -2.02. The Hall–Kier alpha value is -7.76. The summed E-state index contributed by atoms with van der Waals surface area (Å²) in [5.41, 5.74) is 12.3.